The van der Waals surface area contributed by atoms with Crippen LogP contribution < -0.4 is 10.5 Å². The van der Waals surface area contributed by atoms with Crippen molar-refractivity contribution < 1.29 is 24.1 Å². The number of aromatic hydroxyl groups is 1. The molecule has 1 aliphatic heterocycles. The van der Waals surface area contributed by atoms with Crippen LogP contribution in [0.1, 0.15) is 25.3 Å². The number of phenols is 1. The quantitative estimate of drug-likeness (QED) is 0.789. The second-order valence-corrected chi connectivity index (χ2v) is 5.51. The minimum Gasteiger partial charge on any atom is -0.504 e. The molecule has 0 amide bonds. The van der Waals surface area contributed by atoms with Crippen molar-refractivity contribution in [1.29, 1.82) is 5.26 Å². The average Bonchev–Trinajstić information content (AvgIpc) is 2.55. The lowest BCUT2D eigenvalue weighted by molar-refractivity contribution is -0.139. The maximum Gasteiger partial charge on any atom is 0.338 e. The highest BCUT2D eigenvalue weighted by Crippen LogP contribution is 2.46. The summed E-state index contributed by atoms with van der Waals surface area (Å²) in [6.07, 6.45) is 0. The number of halogens is 1. The number of benzene rings is 1. The molecule has 1 aliphatic rings. The summed E-state index contributed by atoms with van der Waals surface area (Å²) in [4.78, 5) is 12.4. The Bertz CT molecular complexity index is 823. The number of methoxy groups -OCH3 is 1. The van der Waals surface area contributed by atoms with Crippen LogP contribution in [0.4, 0.5) is 0 Å². The number of phenolic OH excluding ortho intramolecular Hbond substituents is 1. The first-order valence-electron chi connectivity index (χ1n) is 7.38. The zero-order valence-electron chi connectivity index (χ0n) is 13.9. The molecule has 0 radical (unpaired) electrons. The largest absolute Gasteiger partial charge is 0.504 e. The zero-order chi connectivity index (χ0) is 18.7. The molecule has 0 aliphatic carbocycles. The van der Waals surface area contributed by atoms with Gasteiger partial charge in [0.1, 0.15) is 17.4 Å². The van der Waals surface area contributed by atoms with Gasteiger partial charge in [-0.25, -0.2) is 4.79 Å². The van der Waals surface area contributed by atoms with Gasteiger partial charge < -0.3 is 25.1 Å². The molecule has 0 saturated carbocycles. The van der Waals surface area contributed by atoms with E-state index < -0.39 is 11.9 Å². The Morgan fingerprint density at radius 2 is 2.20 bits per heavy atom. The van der Waals surface area contributed by atoms with Crippen molar-refractivity contribution in [3.8, 4) is 17.6 Å². The van der Waals surface area contributed by atoms with Gasteiger partial charge in [-0.3, -0.25) is 0 Å². The molecule has 1 aromatic rings. The van der Waals surface area contributed by atoms with Gasteiger partial charge in [0, 0.05) is 0 Å². The molecule has 0 fully saturated rings. The maximum absolute atomic E-state index is 12.4. The number of carbonyl (C=O) groups is 1. The van der Waals surface area contributed by atoms with Gasteiger partial charge in [-0.15, -0.1) is 0 Å². The lowest BCUT2D eigenvalue weighted by Gasteiger charge is -2.27. The zero-order valence-corrected chi connectivity index (χ0v) is 14.7. The van der Waals surface area contributed by atoms with Crippen LogP contribution in [-0.4, -0.2) is 24.8 Å². The number of esters is 1. The fraction of sp³-hybridized carbons (Fsp3) is 0.294. The number of nitrogens with two attached hydrogens (primary N) is 1. The Kier molecular flexibility index (Phi) is 5.45. The fourth-order valence-corrected chi connectivity index (χ4v) is 2.99. The summed E-state index contributed by atoms with van der Waals surface area (Å²) in [5, 5.41) is 19.4. The molecule has 7 nitrogen and oxygen atoms in total. The number of ether oxygens (including phenoxy) is 3. The van der Waals surface area contributed by atoms with Gasteiger partial charge >= 0.3 is 5.97 Å². The Balaban J connectivity index is 2.74. The number of hydrogen-bond acceptors (Lipinski definition) is 7. The Morgan fingerprint density at radius 3 is 2.76 bits per heavy atom. The van der Waals surface area contributed by atoms with E-state index in [4.69, 9.17) is 31.5 Å². The van der Waals surface area contributed by atoms with Gasteiger partial charge in [-0.2, -0.15) is 5.26 Å². The van der Waals surface area contributed by atoms with Gasteiger partial charge in [0.2, 0.25) is 5.88 Å². The Labute approximate surface area is 149 Å². The van der Waals surface area contributed by atoms with Crippen molar-refractivity contribution in [2.75, 3.05) is 13.7 Å². The van der Waals surface area contributed by atoms with Gasteiger partial charge in [0.25, 0.3) is 0 Å². The third-order valence-corrected chi connectivity index (χ3v) is 4.11. The standard InChI is InChI=1S/C17H17ClN2O5/c1-4-24-17(22)12-8(2)25-16(20)10(7-19)13(12)9-5-6-11(21)15(23-3)14(9)18/h5-6,13,21H,4,20H2,1-3H3. The average molecular weight is 365 g/mol. The monoisotopic (exact) mass is 364 g/mol. The molecule has 0 saturated heterocycles. The highest BCUT2D eigenvalue weighted by atomic mass is 35.5. The van der Waals surface area contributed by atoms with E-state index in [0.717, 1.165) is 0 Å². The van der Waals surface area contributed by atoms with Crippen molar-refractivity contribution >= 4 is 17.6 Å². The topological polar surface area (TPSA) is 115 Å². The van der Waals surface area contributed by atoms with Crippen LogP contribution in [0, 0.1) is 11.3 Å². The molecule has 1 unspecified atom stereocenters. The third kappa shape index (κ3) is 3.21. The van der Waals surface area contributed by atoms with E-state index in [9.17, 15) is 15.2 Å². The maximum atomic E-state index is 12.4. The first-order valence-corrected chi connectivity index (χ1v) is 7.75. The second-order valence-electron chi connectivity index (χ2n) is 5.14. The molecule has 132 valence electrons. The van der Waals surface area contributed by atoms with Crippen LogP contribution in [0.3, 0.4) is 0 Å². The molecule has 25 heavy (non-hydrogen) atoms. The van der Waals surface area contributed by atoms with E-state index in [1.54, 1.807) is 13.8 Å². The van der Waals surface area contributed by atoms with E-state index in [0.29, 0.717) is 5.56 Å². The molecule has 0 spiro atoms. The number of allylic oxidation sites excluding steroid dienone is 2. The first-order chi connectivity index (χ1) is 11.9. The van der Waals surface area contributed by atoms with Crippen LogP contribution >= 0.6 is 11.6 Å². The highest BCUT2D eigenvalue weighted by Gasteiger charge is 2.38. The third-order valence-electron chi connectivity index (χ3n) is 3.72. The van der Waals surface area contributed by atoms with E-state index >= 15 is 0 Å². The minimum absolute atomic E-state index is 0.0169. The molecule has 1 heterocycles. The van der Waals surface area contributed by atoms with Gasteiger partial charge in [-0.1, -0.05) is 17.7 Å². The number of nitriles is 1. The van der Waals surface area contributed by atoms with Gasteiger partial charge in [0.05, 0.1) is 30.2 Å². The number of rotatable bonds is 4. The van der Waals surface area contributed by atoms with E-state index in [-0.39, 0.29) is 45.9 Å². The van der Waals surface area contributed by atoms with E-state index in [2.05, 4.69) is 0 Å². The van der Waals surface area contributed by atoms with Crippen molar-refractivity contribution in [2.24, 2.45) is 5.73 Å². The van der Waals surface area contributed by atoms with Crippen LogP contribution in [0.2, 0.25) is 5.02 Å². The predicted molar refractivity (Wildman–Crippen MR) is 89.7 cm³/mol. The van der Waals surface area contributed by atoms with Crippen LogP contribution in [0.5, 0.6) is 11.5 Å². The molecule has 8 heteroatoms. The number of hydrogen-bond donors (Lipinski definition) is 2. The van der Waals surface area contributed by atoms with Crippen molar-refractivity contribution in [2.45, 2.75) is 19.8 Å². The Hall–Kier alpha value is -2.85. The molecule has 3 N–H and O–H groups in total. The van der Waals surface area contributed by atoms with Gasteiger partial charge in [-0.05, 0) is 25.5 Å². The first kappa shape index (κ1) is 18.5. The molecular formula is C17H17ClN2O5. The molecule has 0 aromatic heterocycles. The molecular weight excluding hydrogens is 348 g/mol. The summed E-state index contributed by atoms with van der Waals surface area (Å²) < 4.78 is 15.5. The highest BCUT2D eigenvalue weighted by molar-refractivity contribution is 6.33. The van der Waals surface area contributed by atoms with Gasteiger partial charge in [0.15, 0.2) is 11.5 Å². The molecule has 0 bridgehead atoms. The van der Waals surface area contributed by atoms with Crippen molar-refractivity contribution in [3.63, 3.8) is 0 Å². The number of nitrogens with zero attached hydrogens (tertiary/aromatic N) is 1. The lowest BCUT2D eigenvalue weighted by atomic mass is 9.83. The molecule has 1 aromatic carbocycles. The van der Waals surface area contributed by atoms with Crippen LogP contribution in [0.15, 0.2) is 34.9 Å². The second kappa shape index (κ2) is 7.36. The Morgan fingerprint density at radius 1 is 1.52 bits per heavy atom. The summed E-state index contributed by atoms with van der Waals surface area (Å²) >= 11 is 6.34. The predicted octanol–water partition coefficient (Wildman–Crippen LogP) is 2.70. The summed E-state index contributed by atoms with van der Waals surface area (Å²) in [5.74, 6) is -1.60. The molecule has 2 rings (SSSR count). The minimum atomic E-state index is -0.903. The van der Waals surface area contributed by atoms with E-state index in [1.807, 2.05) is 6.07 Å². The van der Waals surface area contributed by atoms with E-state index in [1.165, 1.54) is 19.2 Å². The van der Waals surface area contributed by atoms with Crippen LogP contribution in [0.25, 0.3) is 0 Å². The summed E-state index contributed by atoms with van der Waals surface area (Å²) in [6, 6.07) is 4.81. The van der Waals surface area contributed by atoms with Crippen molar-refractivity contribution in [3.05, 3.63) is 45.5 Å². The van der Waals surface area contributed by atoms with Crippen LogP contribution in [-0.2, 0) is 14.3 Å². The smallest absolute Gasteiger partial charge is 0.338 e. The fourth-order valence-electron chi connectivity index (χ4n) is 2.64. The lowest BCUT2D eigenvalue weighted by Crippen LogP contribution is -2.25. The number of carbonyl (C=O) groups excluding carboxylic acids is 1. The SMILES string of the molecule is CCOC(=O)C1=C(C)OC(N)=C(C#N)C1c1ccc(O)c(OC)c1Cl. The summed E-state index contributed by atoms with van der Waals surface area (Å²) in [7, 11) is 1.34. The molecule has 1 atom stereocenters. The summed E-state index contributed by atoms with van der Waals surface area (Å²) in [5.41, 5.74) is 6.31. The normalized spacial score (nSPS) is 17.0. The summed E-state index contributed by atoms with van der Waals surface area (Å²) in [6.45, 7) is 3.36. The van der Waals surface area contributed by atoms with Crippen molar-refractivity contribution in [1.82, 2.24) is 0 Å².